The van der Waals surface area contributed by atoms with Crippen molar-refractivity contribution >= 4 is 5.91 Å². The third-order valence-corrected chi connectivity index (χ3v) is 4.35. The number of hydrogen-bond acceptors (Lipinski definition) is 11. The number of ether oxygens (including phenoxy) is 3. The molecule has 0 aromatic heterocycles. The van der Waals surface area contributed by atoms with Crippen molar-refractivity contribution in [2.45, 2.75) is 68.3 Å². The molecule has 152 valence electrons. The van der Waals surface area contributed by atoms with E-state index in [0.717, 1.165) is 6.92 Å². The summed E-state index contributed by atoms with van der Waals surface area (Å²) in [6.45, 7) is -0.261. The van der Waals surface area contributed by atoms with Crippen LogP contribution in [-0.2, 0) is 19.0 Å². The van der Waals surface area contributed by atoms with Gasteiger partial charge in [0, 0.05) is 13.3 Å². The van der Waals surface area contributed by atoms with E-state index in [1.54, 1.807) is 0 Å². The Morgan fingerprint density at radius 2 is 1.69 bits per heavy atom. The van der Waals surface area contributed by atoms with Crippen LogP contribution < -0.4 is 5.32 Å². The SMILES string of the molecule is CC(=O)N[C@@]1(O)C[C@@H](O[C@@H]2O[C@H](CO)[C@H](O)[C@H](O)[C@H]2O)O[C@H](CO)[C@@H]1O. The van der Waals surface area contributed by atoms with Gasteiger partial charge in [0.05, 0.1) is 13.2 Å². The molecule has 9 atom stereocenters. The highest BCUT2D eigenvalue weighted by atomic mass is 16.8. The molecule has 2 fully saturated rings. The number of nitrogens with one attached hydrogen (secondary N) is 1. The molecular weight excluding hydrogens is 358 g/mol. The van der Waals surface area contributed by atoms with Gasteiger partial charge in [-0.2, -0.15) is 0 Å². The second-order valence-corrected chi connectivity index (χ2v) is 6.37. The number of rotatable bonds is 5. The highest BCUT2D eigenvalue weighted by Gasteiger charge is 2.51. The van der Waals surface area contributed by atoms with Crippen molar-refractivity contribution in [3.05, 3.63) is 0 Å². The fourth-order valence-corrected chi connectivity index (χ4v) is 2.98. The first-order valence-electron chi connectivity index (χ1n) is 8.04. The van der Waals surface area contributed by atoms with E-state index < -0.39 is 80.5 Å². The predicted molar refractivity (Wildman–Crippen MR) is 80.0 cm³/mol. The smallest absolute Gasteiger partial charge is 0.219 e. The van der Waals surface area contributed by atoms with Crippen molar-refractivity contribution in [3.63, 3.8) is 0 Å². The van der Waals surface area contributed by atoms with Crippen molar-refractivity contribution in [2.75, 3.05) is 13.2 Å². The van der Waals surface area contributed by atoms with Crippen LogP contribution in [0.2, 0.25) is 0 Å². The van der Waals surface area contributed by atoms with Gasteiger partial charge >= 0.3 is 0 Å². The third-order valence-electron chi connectivity index (χ3n) is 4.35. The van der Waals surface area contributed by atoms with Crippen LogP contribution in [0.25, 0.3) is 0 Å². The largest absolute Gasteiger partial charge is 0.394 e. The molecule has 12 heteroatoms. The zero-order valence-corrected chi connectivity index (χ0v) is 14.0. The van der Waals surface area contributed by atoms with E-state index in [-0.39, 0.29) is 0 Å². The van der Waals surface area contributed by atoms with Crippen molar-refractivity contribution < 1.29 is 54.8 Å². The minimum Gasteiger partial charge on any atom is -0.394 e. The molecule has 1 amide bonds. The minimum atomic E-state index is -2.18. The number of hydrogen-bond donors (Lipinski definition) is 8. The zero-order valence-electron chi connectivity index (χ0n) is 14.0. The highest BCUT2D eigenvalue weighted by molar-refractivity contribution is 5.73. The Morgan fingerprint density at radius 3 is 2.23 bits per heavy atom. The van der Waals surface area contributed by atoms with Gasteiger partial charge in [-0.05, 0) is 0 Å². The van der Waals surface area contributed by atoms with Gasteiger partial charge in [0.15, 0.2) is 18.3 Å². The fraction of sp³-hybridized carbons (Fsp3) is 0.929. The first kappa shape index (κ1) is 21.4. The summed E-state index contributed by atoms with van der Waals surface area (Å²) in [5, 5.41) is 70.7. The average molecular weight is 383 g/mol. The van der Waals surface area contributed by atoms with Crippen molar-refractivity contribution in [1.29, 1.82) is 0 Å². The maximum Gasteiger partial charge on any atom is 0.219 e. The van der Waals surface area contributed by atoms with Crippen LogP contribution in [-0.4, -0.2) is 110 Å². The van der Waals surface area contributed by atoms with E-state index >= 15 is 0 Å². The normalized spacial score (nSPS) is 46.8. The van der Waals surface area contributed by atoms with E-state index in [0.29, 0.717) is 0 Å². The molecule has 2 aliphatic rings. The van der Waals surface area contributed by atoms with Crippen LogP contribution in [0.1, 0.15) is 13.3 Å². The standard InChI is InChI=1S/C14H25NO11/c1-5(18)15-14(23)2-8(24-7(4-17)12(14)22)26-13-11(21)10(20)9(19)6(3-16)25-13/h6-13,16-17,19-23H,2-4H2,1H3,(H,15,18)/t6-,7-,8-,9+,10+,11-,12+,13+,14-/m1/s1. The van der Waals surface area contributed by atoms with Crippen LogP contribution in [0, 0.1) is 0 Å². The quantitative estimate of drug-likeness (QED) is 0.212. The van der Waals surface area contributed by atoms with E-state index in [1.807, 2.05) is 0 Å². The molecule has 8 N–H and O–H groups in total. The summed E-state index contributed by atoms with van der Waals surface area (Å²) in [6, 6.07) is 0. The minimum absolute atomic E-state index is 0.487. The van der Waals surface area contributed by atoms with Gasteiger partial charge < -0.3 is 55.3 Å². The lowest BCUT2D eigenvalue weighted by Gasteiger charge is -2.46. The van der Waals surface area contributed by atoms with E-state index in [1.165, 1.54) is 0 Å². The number of aliphatic hydroxyl groups is 7. The molecule has 2 heterocycles. The van der Waals surface area contributed by atoms with E-state index in [2.05, 4.69) is 5.32 Å². The lowest BCUT2D eigenvalue weighted by atomic mass is 9.94. The molecule has 0 bridgehead atoms. The Balaban J connectivity index is 2.13. The first-order chi connectivity index (χ1) is 12.1. The summed E-state index contributed by atoms with van der Waals surface area (Å²) in [5.74, 6) is -0.656. The van der Waals surface area contributed by atoms with Gasteiger partial charge in [0.25, 0.3) is 0 Å². The molecule has 0 radical (unpaired) electrons. The molecule has 0 aromatic carbocycles. The maximum atomic E-state index is 11.3. The van der Waals surface area contributed by atoms with Crippen molar-refractivity contribution in [3.8, 4) is 0 Å². The summed E-state index contributed by atoms with van der Waals surface area (Å²) >= 11 is 0. The summed E-state index contributed by atoms with van der Waals surface area (Å²) in [6.07, 6.45) is -12.6. The molecule has 2 saturated heterocycles. The third kappa shape index (κ3) is 4.31. The Hall–Kier alpha value is -0.930. The van der Waals surface area contributed by atoms with Crippen molar-refractivity contribution in [1.82, 2.24) is 5.32 Å². The molecule has 0 spiro atoms. The molecule has 0 aliphatic carbocycles. The summed E-state index contributed by atoms with van der Waals surface area (Å²) < 4.78 is 15.8. The number of carbonyl (C=O) groups is 1. The second-order valence-electron chi connectivity index (χ2n) is 6.37. The van der Waals surface area contributed by atoms with Gasteiger partial charge in [0.1, 0.15) is 36.6 Å². The summed E-state index contributed by atoms with van der Waals surface area (Å²) in [5.41, 5.74) is -2.18. The number of carbonyl (C=O) groups excluding carboxylic acids is 1. The summed E-state index contributed by atoms with van der Waals surface area (Å²) in [7, 11) is 0. The first-order valence-corrected chi connectivity index (χ1v) is 8.04. The van der Waals surface area contributed by atoms with Crippen molar-refractivity contribution in [2.24, 2.45) is 0 Å². The topological polar surface area (TPSA) is 198 Å². The monoisotopic (exact) mass is 383 g/mol. The molecule has 0 saturated carbocycles. The second kappa shape index (κ2) is 8.39. The van der Waals surface area contributed by atoms with Crippen LogP contribution in [0.4, 0.5) is 0 Å². The molecule has 0 unspecified atom stereocenters. The molecule has 2 aliphatic heterocycles. The fourth-order valence-electron chi connectivity index (χ4n) is 2.98. The van der Waals surface area contributed by atoms with Gasteiger partial charge in [-0.25, -0.2) is 0 Å². The number of amides is 1. The van der Waals surface area contributed by atoms with Gasteiger partial charge in [-0.15, -0.1) is 0 Å². The molecule has 2 rings (SSSR count). The van der Waals surface area contributed by atoms with Crippen LogP contribution in [0.5, 0.6) is 0 Å². The number of aliphatic hydroxyl groups excluding tert-OH is 6. The van der Waals surface area contributed by atoms with Gasteiger partial charge in [-0.1, -0.05) is 0 Å². The molecule has 0 aromatic rings. The van der Waals surface area contributed by atoms with Crippen LogP contribution in [0.3, 0.4) is 0 Å². The average Bonchev–Trinajstić information content (AvgIpc) is 2.57. The molecule has 26 heavy (non-hydrogen) atoms. The predicted octanol–water partition coefficient (Wildman–Crippen LogP) is -4.90. The van der Waals surface area contributed by atoms with Crippen LogP contribution in [0.15, 0.2) is 0 Å². The summed E-state index contributed by atoms with van der Waals surface area (Å²) in [4.78, 5) is 11.3. The molecular formula is C14H25NO11. The lowest BCUT2D eigenvalue weighted by Crippen LogP contribution is -2.67. The van der Waals surface area contributed by atoms with Gasteiger partial charge in [-0.3, -0.25) is 4.79 Å². The lowest BCUT2D eigenvalue weighted by molar-refractivity contribution is -0.367. The Kier molecular flexibility index (Phi) is 6.90. The molecule has 12 nitrogen and oxygen atoms in total. The maximum absolute atomic E-state index is 11.3. The van der Waals surface area contributed by atoms with Crippen LogP contribution >= 0.6 is 0 Å². The Morgan fingerprint density at radius 1 is 1.08 bits per heavy atom. The highest BCUT2D eigenvalue weighted by Crippen LogP contribution is 2.31. The van der Waals surface area contributed by atoms with E-state index in [9.17, 15) is 35.4 Å². The van der Waals surface area contributed by atoms with Gasteiger partial charge in [0.2, 0.25) is 5.91 Å². The zero-order chi connectivity index (χ0) is 19.6. The Labute approximate surface area is 148 Å². The Bertz CT molecular complexity index is 492. The van der Waals surface area contributed by atoms with E-state index in [4.69, 9.17) is 19.3 Å².